The summed E-state index contributed by atoms with van der Waals surface area (Å²) < 4.78 is 27.8. The van der Waals surface area contributed by atoms with Crippen molar-refractivity contribution >= 4 is 26.0 Å². The number of nitrogens with one attached hydrogen (secondary N) is 1. The fraction of sp³-hybridized carbons (Fsp3) is 0.500. The SMILES string of the molecule is CN1CCC(NS(=O)(=O)c2ccc(CO)cc2Br)C1. The van der Waals surface area contributed by atoms with Gasteiger partial charge >= 0.3 is 0 Å². The van der Waals surface area contributed by atoms with E-state index in [1.165, 1.54) is 6.07 Å². The summed E-state index contributed by atoms with van der Waals surface area (Å²) in [4.78, 5) is 2.30. The number of likely N-dealkylation sites (tertiary alicyclic amines) is 1. The maximum absolute atomic E-state index is 12.3. The molecule has 2 N–H and O–H groups in total. The molecule has 1 heterocycles. The van der Waals surface area contributed by atoms with E-state index in [0.717, 1.165) is 19.5 Å². The lowest BCUT2D eigenvalue weighted by atomic mass is 10.2. The summed E-state index contributed by atoms with van der Waals surface area (Å²) in [6.07, 6.45) is 0.822. The monoisotopic (exact) mass is 348 g/mol. The summed E-state index contributed by atoms with van der Waals surface area (Å²) in [6, 6.07) is 4.70. The van der Waals surface area contributed by atoms with Gasteiger partial charge in [0.25, 0.3) is 0 Å². The number of rotatable bonds is 4. The summed E-state index contributed by atoms with van der Waals surface area (Å²) in [7, 11) is -1.56. The zero-order valence-electron chi connectivity index (χ0n) is 10.6. The molecule has 1 unspecified atom stereocenters. The van der Waals surface area contributed by atoms with Gasteiger partial charge in [-0.1, -0.05) is 6.07 Å². The van der Waals surface area contributed by atoms with E-state index in [1.807, 2.05) is 7.05 Å². The second kappa shape index (κ2) is 5.88. The Labute approximate surface area is 121 Å². The first kappa shape index (κ1) is 14.9. The first-order valence-corrected chi connectivity index (χ1v) is 8.30. The normalized spacial score (nSPS) is 20.9. The second-order valence-corrected chi connectivity index (χ2v) is 7.33. The quantitative estimate of drug-likeness (QED) is 0.848. The Balaban J connectivity index is 2.19. The number of hydrogen-bond acceptors (Lipinski definition) is 4. The minimum atomic E-state index is -3.53. The average molecular weight is 349 g/mol. The van der Waals surface area contributed by atoms with Gasteiger partial charge in [-0.25, -0.2) is 13.1 Å². The molecule has 1 aliphatic heterocycles. The standard InChI is InChI=1S/C12H17BrN2O3S/c1-15-5-4-10(7-15)14-19(17,18)12-3-2-9(8-16)6-11(12)13/h2-3,6,10,14,16H,4-5,7-8H2,1H3. The highest BCUT2D eigenvalue weighted by Crippen LogP contribution is 2.24. The van der Waals surface area contributed by atoms with Gasteiger partial charge in [0.05, 0.1) is 11.5 Å². The third kappa shape index (κ3) is 3.55. The van der Waals surface area contributed by atoms with Gasteiger partial charge in [-0.3, -0.25) is 0 Å². The number of aliphatic hydroxyl groups excluding tert-OH is 1. The Morgan fingerprint density at radius 1 is 1.53 bits per heavy atom. The van der Waals surface area contributed by atoms with E-state index in [0.29, 0.717) is 10.0 Å². The minimum absolute atomic E-state index is 0.0422. The average Bonchev–Trinajstić information content (AvgIpc) is 2.73. The number of halogens is 1. The molecule has 0 bridgehead atoms. The van der Waals surface area contributed by atoms with Crippen LogP contribution in [0.2, 0.25) is 0 Å². The molecule has 1 saturated heterocycles. The molecule has 7 heteroatoms. The highest BCUT2D eigenvalue weighted by Gasteiger charge is 2.26. The summed E-state index contributed by atoms with van der Waals surface area (Å²) >= 11 is 3.24. The lowest BCUT2D eigenvalue weighted by Crippen LogP contribution is -2.36. The van der Waals surface area contributed by atoms with Crippen molar-refractivity contribution in [1.29, 1.82) is 0 Å². The van der Waals surface area contributed by atoms with Crippen molar-refractivity contribution in [2.24, 2.45) is 0 Å². The predicted molar refractivity (Wildman–Crippen MR) is 76.3 cm³/mol. The van der Waals surface area contributed by atoms with E-state index < -0.39 is 10.0 Å². The van der Waals surface area contributed by atoms with Crippen LogP contribution in [-0.4, -0.2) is 44.6 Å². The molecule has 1 fully saturated rings. The van der Waals surface area contributed by atoms with Crippen LogP contribution in [0.15, 0.2) is 27.6 Å². The molecule has 1 aromatic carbocycles. The predicted octanol–water partition coefficient (Wildman–Crippen LogP) is 0.924. The number of hydrogen-bond donors (Lipinski definition) is 2. The van der Waals surface area contributed by atoms with Crippen LogP contribution >= 0.6 is 15.9 Å². The molecule has 1 aliphatic rings. The van der Waals surface area contributed by atoms with Crippen LogP contribution in [0, 0.1) is 0 Å². The van der Waals surface area contributed by atoms with Crippen LogP contribution in [0.1, 0.15) is 12.0 Å². The molecule has 1 aromatic rings. The zero-order valence-corrected chi connectivity index (χ0v) is 13.0. The van der Waals surface area contributed by atoms with Crippen molar-refractivity contribution in [3.05, 3.63) is 28.2 Å². The van der Waals surface area contributed by atoms with E-state index in [9.17, 15) is 8.42 Å². The summed E-state index contributed by atoms with van der Waals surface area (Å²) in [5, 5.41) is 9.02. The summed E-state index contributed by atoms with van der Waals surface area (Å²) in [5.74, 6) is 0. The molecular formula is C12H17BrN2O3S. The molecule has 106 valence electrons. The van der Waals surface area contributed by atoms with Gasteiger partial charge in [-0.15, -0.1) is 0 Å². The van der Waals surface area contributed by atoms with E-state index in [2.05, 4.69) is 25.6 Å². The molecule has 0 radical (unpaired) electrons. The van der Waals surface area contributed by atoms with Crippen molar-refractivity contribution in [2.45, 2.75) is 24.0 Å². The Hall–Kier alpha value is -0.470. The van der Waals surface area contributed by atoms with Crippen LogP contribution in [0.3, 0.4) is 0 Å². The van der Waals surface area contributed by atoms with Crippen LogP contribution in [0.5, 0.6) is 0 Å². The van der Waals surface area contributed by atoms with E-state index in [1.54, 1.807) is 12.1 Å². The number of likely N-dealkylation sites (N-methyl/N-ethyl adjacent to an activating group) is 1. The van der Waals surface area contributed by atoms with Crippen molar-refractivity contribution in [1.82, 2.24) is 9.62 Å². The molecule has 0 amide bonds. The van der Waals surface area contributed by atoms with Gasteiger partial charge in [-0.2, -0.15) is 0 Å². The fourth-order valence-corrected chi connectivity index (χ4v) is 4.56. The van der Waals surface area contributed by atoms with Gasteiger partial charge in [0.15, 0.2) is 0 Å². The fourth-order valence-electron chi connectivity index (χ4n) is 2.17. The van der Waals surface area contributed by atoms with Gasteiger partial charge in [-0.05, 0) is 53.6 Å². The highest BCUT2D eigenvalue weighted by molar-refractivity contribution is 9.10. The second-order valence-electron chi connectivity index (χ2n) is 4.79. The maximum atomic E-state index is 12.3. The molecule has 5 nitrogen and oxygen atoms in total. The van der Waals surface area contributed by atoms with Crippen molar-refractivity contribution < 1.29 is 13.5 Å². The number of sulfonamides is 1. The molecule has 0 aromatic heterocycles. The van der Waals surface area contributed by atoms with E-state index in [4.69, 9.17) is 5.11 Å². The lowest BCUT2D eigenvalue weighted by Gasteiger charge is -2.14. The van der Waals surface area contributed by atoms with Gasteiger partial charge in [0, 0.05) is 17.1 Å². The smallest absolute Gasteiger partial charge is 0.241 e. The molecule has 2 rings (SSSR count). The highest BCUT2D eigenvalue weighted by atomic mass is 79.9. The Morgan fingerprint density at radius 2 is 2.26 bits per heavy atom. The summed E-state index contributed by atoms with van der Waals surface area (Å²) in [5.41, 5.74) is 0.673. The first-order chi connectivity index (χ1) is 8.92. The van der Waals surface area contributed by atoms with E-state index in [-0.39, 0.29) is 17.5 Å². The third-order valence-corrected chi connectivity index (χ3v) is 5.68. The van der Waals surface area contributed by atoms with E-state index >= 15 is 0 Å². The van der Waals surface area contributed by atoms with Gasteiger partial charge < -0.3 is 10.0 Å². The molecule has 0 spiro atoms. The number of nitrogens with zero attached hydrogens (tertiary/aromatic N) is 1. The molecule has 0 saturated carbocycles. The maximum Gasteiger partial charge on any atom is 0.241 e. The zero-order chi connectivity index (χ0) is 14.0. The lowest BCUT2D eigenvalue weighted by molar-refractivity contribution is 0.281. The Morgan fingerprint density at radius 3 is 2.79 bits per heavy atom. The number of aliphatic hydroxyl groups is 1. The summed E-state index contributed by atoms with van der Waals surface area (Å²) in [6.45, 7) is 1.52. The van der Waals surface area contributed by atoms with Gasteiger partial charge in [0.2, 0.25) is 10.0 Å². The Bertz CT molecular complexity index is 562. The largest absolute Gasteiger partial charge is 0.392 e. The minimum Gasteiger partial charge on any atom is -0.392 e. The van der Waals surface area contributed by atoms with Crippen molar-refractivity contribution in [3.8, 4) is 0 Å². The van der Waals surface area contributed by atoms with Crippen molar-refractivity contribution in [2.75, 3.05) is 20.1 Å². The van der Waals surface area contributed by atoms with Crippen LogP contribution in [0.4, 0.5) is 0 Å². The van der Waals surface area contributed by atoms with Crippen molar-refractivity contribution in [3.63, 3.8) is 0 Å². The number of benzene rings is 1. The molecular weight excluding hydrogens is 332 g/mol. The van der Waals surface area contributed by atoms with Gasteiger partial charge in [0.1, 0.15) is 0 Å². The van der Waals surface area contributed by atoms with Crippen LogP contribution in [0.25, 0.3) is 0 Å². The van der Waals surface area contributed by atoms with Crippen LogP contribution < -0.4 is 4.72 Å². The van der Waals surface area contributed by atoms with Crippen LogP contribution in [-0.2, 0) is 16.6 Å². The molecule has 19 heavy (non-hydrogen) atoms. The molecule has 0 aliphatic carbocycles. The third-order valence-electron chi connectivity index (χ3n) is 3.18. The topological polar surface area (TPSA) is 69.6 Å². The Kier molecular flexibility index (Phi) is 4.62. The first-order valence-electron chi connectivity index (χ1n) is 6.02. The molecule has 1 atom stereocenters.